The third-order valence-corrected chi connectivity index (χ3v) is 4.90. The predicted octanol–water partition coefficient (Wildman–Crippen LogP) is 2.82. The predicted molar refractivity (Wildman–Crippen MR) is 85.8 cm³/mol. The number of hydrogen-bond donors (Lipinski definition) is 2. The lowest BCUT2D eigenvalue weighted by Crippen LogP contribution is -2.38. The molecule has 0 saturated carbocycles. The normalized spacial score (nSPS) is 14.0. The lowest BCUT2D eigenvalue weighted by molar-refractivity contribution is 0.0556. The van der Waals surface area contributed by atoms with Crippen molar-refractivity contribution >= 4 is 17.2 Å². The molecule has 5 heteroatoms. The van der Waals surface area contributed by atoms with Crippen LogP contribution in [-0.2, 0) is 12.1 Å². The van der Waals surface area contributed by atoms with Crippen molar-refractivity contribution in [1.29, 1.82) is 0 Å². The van der Waals surface area contributed by atoms with Crippen LogP contribution in [0.2, 0.25) is 0 Å². The number of carbonyl (C=O) groups excluding carboxylic acids is 1. The molecule has 2 rings (SSSR count). The van der Waals surface area contributed by atoms with Gasteiger partial charge in [-0.15, -0.1) is 11.3 Å². The standard InChI is InChI=1S/C16H22N2O2S/c1-5-18-11(2)9-13(12(18)3)15(19)17-10-16(4,20)14-7-6-8-21-14/h6-9,20H,5,10H2,1-4H3,(H,17,19). The first-order valence-corrected chi connectivity index (χ1v) is 7.96. The van der Waals surface area contributed by atoms with E-state index in [0.29, 0.717) is 5.56 Å². The zero-order valence-electron chi connectivity index (χ0n) is 12.9. The maximum absolute atomic E-state index is 12.3. The van der Waals surface area contributed by atoms with Crippen LogP contribution in [0.1, 0.15) is 40.5 Å². The van der Waals surface area contributed by atoms with Crippen LogP contribution in [0.4, 0.5) is 0 Å². The van der Waals surface area contributed by atoms with Gasteiger partial charge in [-0.25, -0.2) is 0 Å². The number of thiophene rings is 1. The van der Waals surface area contributed by atoms with Gasteiger partial charge in [-0.3, -0.25) is 4.79 Å². The number of nitrogens with one attached hydrogen (secondary N) is 1. The fraction of sp³-hybridized carbons (Fsp3) is 0.438. The third kappa shape index (κ3) is 3.19. The first kappa shape index (κ1) is 15.8. The molecule has 0 radical (unpaired) electrons. The first-order valence-electron chi connectivity index (χ1n) is 7.08. The van der Waals surface area contributed by atoms with E-state index in [-0.39, 0.29) is 12.5 Å². The van der Waals surface area contributed by atoms with Gasteiger partial charge < -0.3 is 15.0 Å². The largest absolute Gasteiger partial charge is 0.383 e. The quantitative estimate of drug-likeness (QED) is 0.892. The number of hydrogen-bond acceptors (Lipinski definition) is 3. The lowest BCUT2D eigenvalue weighted by Gasteiger charge is -2.22. The Labute approximate surface area is 129 Å². The summed E-state index contributed by atoms with van der Waals surface area (Å²) in [4.78, 5) is 13.2. The van der Waals surface area contributed by atoms with Crippen LogP contribution < -0.4 is 5.32 Å². The zero-order chi connectivity index (χ0) is 15.6. The summed E-state index contributed by atoms with van der Waals surface area (Å²) in [5.41, 5.74) is 1.67. The molecule has 2 N–H and O–H groups in total. The van der Waals surface area contributed by atoms with Crippen molar-refractivity contribution in [2.24, 2.45) is 0 Å². The fourth-order valence-corrected chi connectivity index (χ4v) is 3.32. The molecular formula is C16H22N2O2S. The molecule has 0 aromatic carbocycles. The molecule has 0 bridgehead atoms. The molecule has 2 aromatic heterocycles. The molecule has 2 aromatic rings. The Bertz CT molecular complexity index is 627. The molecule has 21 heavy (non-hydrogen) atoms. The van der Waals surface area contributed by atoms with Crippen LogP contribution in [0.5, 0.6) is 0 Å². The third-order valence-electron chi connectivity index (χ3n) is 3.78. The number of nitrogens with zero attached hydrogens (tertiary/aromatic N) is 1. The van der Waals surface area contributed by atoms with Crippen molar-refractivity contribution in [1.82, 2.24) is 9.88 Å². The molecule has 0 aliphatic heterocycles. The van der Waals surface area contributed by atoms with Gasteiger partial charge in [0.1, 0.15) is 5.60 Å². The van der Waals surface area contributed by atoms with E-state index in [9.17, 15) is 9.90 Å². The van der Waals surface area contributed by atoms with Crippen molar-refractivity contribution in [2.45, 2.75) is 39.8 Å². The van der Waals surface area contributed by atoms with Gasteiger partial charge in [0.2, 0.25) is 0 Å². The summed E-state index contributed by atoms with van der Waals surface area (Å²) in [5.74, 6) is -0.139. The van der Waals surface area contributed by atoms with Crippen molar-refractivity contribution in [3.05, 3.63) is 45.4 Å². The van der Waals surface area contributed by atoms with Crippen LogP contribution in [0, 0.1) is 13.8 Å². The SMILES string of the molecule is CCn1c(C)cc(C(=O)NCC(C)(O)c2cccs2)c1C. The monoisotopic (exact) mass is 306 g/mol. The van der Waals surface area contributed by atoms with Crippen molar-refractivity contribution in [3.63, 3.8) is 0 Å². The van der Waals surface area contributed by atoms with E-state index in [0.717, 1.165) is 22.8 Å². The van der Waals surface area contributed by atoms with E-state index in [1.165, 1.54) is 11.3 Å². The summed E-state index contributed by atoms with van der Waals surface area (Å²) in [7, 11) is 0. The first-order chi connectivity index (χ1) is 9.86. The highest BCUT2D eigenvalue weighted by Crippen LogP contribution is 2.24. The summed E-state index contributed by atoms with van der Waals surface area (Å²) >= 11 is 1.49. The van der Waals surface area contributed by atoms with Gasteiger partial charge in [-0.2, -0.15) is 0 Å². The second-order valence-corrected chi connectivity index (χ2v) is 6.41. The Morgan fingerprint density at radius 1 is 1.48 bits per heavy atom. The second kappa shape index (κ2) is 6.03. The molecule has 4 nitrogen and oxygen atoms in total. The molecule has 0 aliphatic rings. The average molecular weight is 306 g/mol. The van der Waals surface area contributed by atoms with Crippen molar-refractivity contribution < 1.29 is 9.90 Å². The van der Waals surface area contributed by atoms with Gasteiger partial charge in [-0.05, 0) is 45.2 Å². The van der Waals surface area contributed by atoms with Gasteiger partial charge in [0.25, 0.3) is 5.91 Å². The van der Waals surface area contributed by atoms with Crippen LogP contribution in [-0.4, -0.2) is 22.1 Å². The highest BCUT2D eigenvalue weighted by molar-refractivity contribution is 7.10. The van der Waals surface area contributed by atoms with Crippen molar-refractivity contribution in [2.75, 3.05) is 6.54 Å². The number of amides is 1. The number of aromatic nitrogens is 1. The maximum atomic E-state index is 12.3. The Kier molecular flexibility index (Phi) is 4.54. The highest BCUT2D eigenvalue weighted by atomic mass is 32.1. The lowest BCUT2D eigenvalue weighted by atomic mass is 10.1. The fourth-order valence-electron chi connectivity index (χ4n) is 2.54. The van der Waals surface area contributed by atoms with E-state index in [1.54, 1.807) is 6.92 Å². The van der Waals surface area contributed by atoms with E-state index in [1.807, 2.05) is 37.4 Å². The molecule has 0 saturated heterocycles. The summed E-state index contributed by atoms with van der Waals surface area (Å²) < 4.78 is 2.10. The summed E-state index contributed by atoms with van der Waals surface area (Å²) in [6.45, 7) is 8.76. The van der Waals surface area contributed by atoms with E-state index in [2.05, 4.69) is 16.8 Å². The van der Waals surface area contributed by atoms with Crippen LogP contribution in [0.3, 0.4) is 0 Å². The van der Waals surface area contributed by atoms with Gasteiger partial charge in [0.05, 0.1) is 12.1 Å². The van der Waals surface area contributed by atoms with Crippen LogP contribution >= 0.6 is 11.3 Å². The van der Waals surface area contributed by atoms with E-state index < -0.39 is 5.60 Å². The summed E-state index contributed by atoms with van der Waals surface area (Å²) in [6, 6.07) is 5.67. The molecule has 1 amide bonds. The molecule has 0 spiro atoms. The van der Waals surface area contributed by atoms with Gasteiger partial charge >= 0.3 is 0 Å². The van der Waals surface area contributed by atoms with Crippen molar-refractivity contribution in [3.8, 4) is 0 Å². The molecule has 0 fully saturated rings. The molecule has 1 atom stereocenters. The number of aliphatic hydroxyl groups is 1. The van der Waals surface area contributed by atoms with E-state index in [4.69, 9.17) is 0 Å². The minimum atomic E-state index is -1.04. The molecule has 114 valence electrons. The Morgan fingerprint density at radius 3 is 2.71 bits per heavy atom. The number of carbonyl (C=O) groups is 1. The van der Waals surface area contributed by atoms with Gasteiger partial charge in [0, 0.05) is 22.8 Å². The topological polar surface area (TPSA) is 54.3 Å². The minimum Gasteiger partial charge on any atom is -0.383 e. The number of rotatable bonds is 5. The highest BCUT2D eigenvalue weighted by Gasteiger charge is 2.25. The minimum absolute atomic E-state index is 0.139. The molecule has 1 unspecified atom stereocenters. The van der Waals surface area contributed by atoms with Gasteiger partial charge in [-0.1, -0.05) is 6.07 Å². The number of aryl methyl sites for hydroxylation is 1. The summed E-state index contributed by atoms with van der Waals surface area (Å²) in [5, 5.41) is 15.2. The molecule has 0 aliphatic carbocycles. The summed E-state index contributed by atoms with van der Waals surface area (Å²) in [6.07, 6.45) is 0. The zero-order valence-corrected chi connectivity index (χ0v) is 13.8. The smallest absolute Gasteiger partial charge is 0.253 e. The molecule has 2 heterocycles. The Morgan fingerprint density at radius 2 is 2.19 bits per heavy atom. The molecular weight excluding hydrogens is 284 g/mol. The van der Waals surface area contributed by atoms with Crippen LogP contribution in [0.25, 0.3) is 0 Å². The second-order valence-electron chi connectivity index (χ2n) is 5.46. The van der Waals surface area contributed by atoms with Gasteiger partial charge in [0.15, 0.2) is 0 Å². The maximum Gasteiger partial charge on any atom is 0.253 e. The Hall–Kier alpha value is -1.59. The Balaban J connectivity index is 2.09. The van der Waals surface area contributed by atoms with E-state index >= 15 is 0 Å². The average Bonchev–Trinajstić information content (AvgIpc) is 3.05. The van der Waals surface area contributed by atoms with Crippen LogP contribution in [0.15, 0.2) is 23.6 Å².